The van der Waals surface area contributed by atoms with Gasteiger partial charge in [0.25, 0.3) is 5.91 Å². The van der Waals surface area contributed by atoms with Crippen molar-refractivity contribution >= 4 is 29.5 Å². The third-order valence-electron chi connectivity index (χ3n) is 5.90. The van der Waals surface area contributed by atoms with E-state index in [1.54, 1.807) is 41.6 Å². The zero-order valence-electron chi connectivity index (χ0n) is 17.9. The number of rotatable bonds is 5. The lowest BCUT2D eigenvalue weighted by atomic mass is 9.98. The predicted molar refractivity (Wildman–Crippen MR) is 125 cm³/mol. The number of nitrogens with zero attached hydrogens (tertiary/aromatic N) is 5. The number of hydrogen-bond acceptors (Lipinski definition) is 6. The number of aromatic nitrogens is 4. The molecule has 0 spiro atoms. The van der Waals surface area contributed by atoms with Crippen molar-refractivity contribution < 1.29 is 9.59 Å². The van der Waals surface area contributed by atoms with Gasteiger partial charge >= 0.3 is 0 Å². The highest BCUT2D eigenvalue weighted by Gasteiger charge is 2.26. The number of nitrogens with one attached hydrogen (secondary N) is 1. The highest BCUT2D eigenvalue weighted by atomic mass is 16.1. The Morgan fingerprint density at radius 3 is 2.73 bits per heavy atom. The minimum atomic E-state index is -0.243. The van der Waals surface area contributed by atoms with Gasteiger partial charge in [0.1, 0.15) is 28.7 Å². The van der Waals surface area contributed by atoms with E-state index in [1.807, 2.05) is 28.8 Å². The van der Waals surface area contributed by atoms with Crippen LogP contribution in [0.4, 0.5) is 11.6 Å². The van der Waals surface area contributed by atoms with E-state index in [0.717, 1.165) is 42.7 Å². The van der Waals surface area contributed by atoms with E-state index in [0.29, 0.717) is 29.4 Å². The van der Waals surface area contributed by atoms with E-state index in [1.165, 1.54) is 0 Å². The molecule has 1 aliphatic heterocycles. The maximum absolute atomic E-state index is 12.6. The van der Waals surface area contributed by atoms with E-state index in [-0.39, 0.29) is 11.8 Å². The molecule has 0 bridgehead atoms. The van der Waals surface area contributed by atoms with Crippen molar-refractivity contribution in [3.05, 3.63) is 72.4 Å². The van der Waals surface area contributed by atoms with Crippen LogP contribution < -0.4 is 11.1 Å². The van der Waals surface area contributed by atoms with Crippen molar-refractivity contribution in [1.82, 2.24) is 24.3 Å². The van der Waals surface area contributed by atoms with Crippen molar-refractivity contribution in [2.45, 2.75) is 18.8 Å². The molecule has 3 aromatic heterocycles. The van der Waals surface area contributed by atoms with Crippen LogP contribution in [0.3, 0.4) is 0 Å². The molecule has 4 heterocycles. The second kappa shape index (κ2) is 8.70. The van der Waals surface area contributed by atoms with Crippen LogP contribution in [0, 0.1) is 0 Å². The molecule has 166 valence electrons. The summed E-state index contributed by atoms with van der Waals surface area (Å²) < 4.78 is 1.97. The topological polar surface area (TPSA) is 119 Å². The molecule has 0 saturated carbocycles. The van der Waals surface area contributed by atoms with Crippen molar-refractivity contribution in [3.63, 3.8) is 0 Å². The summed E-state index contributed by atoms with van der Waals surface area (Å²) in [4.78, 5) is 39.0. The number of benzene rings is 1. The predicted octanol–water partition coefficient (Wildman–Crippen LogP) is 2.96. The fourth-order valence-corrected chi connectivity index (χ4v) is 4.29. The summed E-state index contributed by atoms with van der Waals surface area (Å²) >= 11 is 0. The summed E-state index contributed by atoms with van der Waals surface area (Å²) in [5.41, 5.74) is 9.01. The van der Waals surface area contributed by atoms with Crippen molar-refractivity contribution in [2.24, 2.45) is 0 Å². The third-order valence-corrected chi connectivity index (χ3v) is 5.90. The zero-order valence-corrected chi connectivity index (χ0v) is 17.9. The number of anilines is 2. The molecular weight excluding hydrogens is 418 g/mol. The number of piperidine rings is 1. The molecule has 9 heteroatoms. The van der Waals surface area contributed by atoms with E-state index in [9.17, 15) is 9.59 Å². The standard InChI is InChI=1S/C24H23N7O2/c25-22-21-20(16-6-8-17(9-7-16)24(33)28-19-5-1-2-10-26-19)29-23(31(21)13-11-27-22)18-4-3-12-30(14-18)15-32/h1-2,5-11,13,15,18H,3-4,12,14H2,(H2,25,27)(H,26,28,33)/t18-/m1/s1. The summed E-state index contributed by atoms with van der Waals surface area (Å²) in [7, 11) is 0. The average Bonchev–Trinajstić information content (AvgIpc) is 3.26. The second-order valence-electron chi connectivity index (χ2n) is 8.04. The normalized spacial score (nSPS) is 16.0. The average molecular weight is 441 g/mol. The number of fused-ring (bicyclic) bond motifs is 1. The molecule has 5 rings (SSSR count). The van der Waals surface area contributed by atoms with Crippen LogP contribution >= 0.6 is 0 Å². The first kappa shape index (κ1) is 20.6. The molecular formula is C24H23N7O2. The molecule has 1 aromatic carbocycles. The molecule has 1 saturated heterocycles. The van der Waals surface area contributed by atoms with Crippen LogP contribution in [-0.2, 0) is 4.79 Å². The lowest BCUT2D eigenvalue weighted by Gasteiger charge is -2.29. The van der Waals surface area contributed by atoms with Gasteiger partial charge in [-0.2, -0.15) is 0 Å². The minimum absolute atomic E-state index is 0.107. The van der Waals surface area contributed by atoms with Crippen LogP contribution in [0.25, 0.3) is 16.8 Å². The molecule has 1 fully saturated rings. The van der Waals surface area contributed by atoms with Gasteiger partial charge in [0.2, 0.25) is 6.41 Å². The molecule has 33 heavy (non-hydrogen) atoms. The lowest BCUT2D eigenvalue weighted by Crippen LogP contribution is -2.33. The number of nitrogen functional groups attached to an aromatic ring is 1. The maximum Gasteiger partial charge on any atom is 0.256 e. The summed E-state index contributed by atoms with van der Waals surface area (Å²) in [6, 6.07) is 12.5. The first-order chi connectivity index (χ1) is 16.1. The van der Waals surface area contributed by atoms with Gasteiger partial charge < -0.3 is 16.0 Å². The van der Waals surface area contributed by atoms with E-state index < -0.39 is 0 Å². The van der Waals surface area contributed by atoms with E-state index in [4.69, 9.17) is 10.7 Å². The maximum atomic E-state index is 12.6. The Balaban J connectivity index is 1.48. The van der Waals surface area contributed by atoms with Gasteiger partial charge in [-0.1, -0.05) is 18.2 Å². The fraction of sp³-hybridized carbons (Fsp3) is 0.208. The Hall–Kier alpha value is -4.27. The van der Waals surface area contributed by atoms with Crippen LogP contribution in [0.15, 0.2) is 61.1 Å². The van der Waals surface area contributed by atoms with Gasteiger partial charge in [-0.25, -0.2) is 15.0 Å². The molecule has 0 aliphatic carbocycles. The third kappa shape index (κ3) is 4.00. The van der Waals surface area contributed by atoms with Crippen LogP contribution in [0.2, 0.25) is 0 Å². The molecule has 9 nitrogen and oxygen atoms in total. The Labute approximate surface area is 190 Å². The van der Waals surface area contributed by atoms with E-state index >= 15 is 0 Å². The van der Waals surface area contributed by atoms with Crippen molar-refractivity contribution in [3.8, 4) is 11.3 Å². The number of amides is 2. The van der Waals surface area contributed by atoms with Crippen LogP contribution in [0.5, 0.6) is 0 Å². The lowest BCUT2D eigenvalue weighted by molar-refractivity contribution is -0.119. The minimum Gasteiger partial charge on any atom is -0.382 e. The molecule has 4 aromatic rings. The number of imidazole rings is 1. The van der Waals surface area contributed by atoms with Gasteiger partial charge in [0.05, 0.1) is 0 Å². The Kier molecular flexibility index (Phi) is 5.43. The molecule has 1 aliphatic rings. The number of hydrogen-bond donors (Lipinski definition) is 2. The second-order valence-corrected chi connectivity index (χ2v) is 8.04. The fourth-order valence-electron chi connectivity index (χ4n) is 4.29. The highest BCUT2D eigenvalue weighted by molar-refractivity contribution is 6.04. The van der Waals surface area contributed by atoms with Gasteiger partial charge in [-0.3, -0.25) is 14.0 Å². The Bertz CT molecular complexity index is 1300. The first-order valence-corrected chi connectivity index (χ1v) is 10.8. The summed E-state index contributed by atoms with van der Waals surface area (Å²) in [5.74, 6) is 1.60. The molecule has 1 atom stereocenters. The smallest absolute Gasteiger partial charge is 0.256 e. The SMILES string of the molecule is Nc1nccn2c([C@@H]3CCCN(C=O)C3)nc(-c3ccc(C(=O)Nc4ccccn4)cc3)c12. The summed E-state index contributed by atoms with van der Waals surface area (Å²) in [6.07, 6.45) is 7.90. The largest absolute Gasteiger partial charge is 0.382 e. The Morgan fingerprint density at radius 2 is 1.97 bits per heavy atom. The number of carbonyl (C=O) groups excluding carboxylic acids is 2. The monoisotopic (exact) mass is 441 g/mol. The van der Waals surface area contributed by atoms with Crippen LogP contribution in [0.1, 0.15) is 34.9 Å². The summed E-state index contributed by atoms with van der Waals surface area (Å²) in [5, 5.41) is 2.78. The number of carbonyl (C=O) groups is 2. The number of pyridine rings is 1. The molecule has 3 N–H and O–H groups in total. The Morgan fingerprint density at radius 1 is 1.12 bits per heavy atom. The van der Waals surface area contributed by atoms with Gasteiger partial charge in [0.15, 0.2) is 0 Å². The zero-order chi connectivity index (χ0) is 22.8. The van der Waals surface area contributed by atoms with E-state index in [2.05, 4.69) is 15.3 Å². The van der Waals surface area contributed by atoms with Gasteiger partial charge in [-0.15, -0.1) is 0 Å². The van der Waals surface area contributed by atoms with Gasteiger partial charge in [0, 0.05) is 48.7 Å². The van der Waals surface area contributed by atoms with Crippen molar-refractivity contribution in [1.29, 1.82) is 0 Å². The first-order valence-electron chi connectivity index (χ1n) is 10.8. The quantitative estimate of drug-likeness (QED) is 0.460. The molecule has 0 unspecified atom stereocenters. The van der Waals surface area contributed by atoms with Crippen LogP contribution in [-0.4, -0.2) is 49.7 Å². The van der Waals surface area contributed by atoms with Gasteiger partial charge in [-0.05, 0) is 37.1 Å². The highest BCUT2D eigenvalue weighted by Crippen LogP contribution is 2.33. The van der Waals surface area contributed by atoms with Crippen molar-refractivity contribution in [2.75, 3.05) is 24.1 Å². The summed E-state index contributed by atoms with van der Waals surface area (Å²) in [6.45, 7) is 1.39. The molecule has 2 amide bonds. The number of likely N-dealkylation sites (tertiary alicyclic amines) is 1. The molecule has 0 radical (unpaired) electrons. The number of nitrogens with two attached hydrogens (primary N) is 1.